The van der Waals surface area contributed by atoms with E-state index in [1.165, 1.54) is 12.8 Å². The molecule has 0 radical (unpaired) electrons. The first-order valence-electron chi connectivity index (χ1n) is 6.41. The monoisotopic (exact) mass is 256 g/mol. The van der Waals surface area contributed by atoms with E-state index < -0.39 is 5.41 Å². The topological polar surface area (TPSA) is 55.1 Å². The maximum Gasteiger partial charge on any atom is 0.232 e. The molecule has 0 aliphatic heterocycles. The van der Waals surface area contributed by atoms with Crippen LogP contribution in [-0.4, -0.2) is 16.9 Å². The molecule has 3 atom stereocenters. The van der Waals surface area contributed by atoms with Crippen LogP contribution in [0.4, 0.5) is 0 Å². The molecule has 3 N–H and O–H groups in total. The molecule has 98 valence electrons. The molecular formula is C13H24N2OS. The first kappa shape index (κ1) is 14.4. The molecule has 0 aromatic heterocycles. The van der Waals surface area contributed by atoms with Crippen LogP contribution >= 0.6 is 12.2 Å². The summed E-state index contributed by atoms with van der Waals surface area (Å²) >= 11 is 4.94. The Kier molecular flexibility index (Phi) is 4.53. The highest BCUT2D eigenvalue weighted by molar-refractivity contribution is 7.80. The van der Waals surface area contributed by atoms with E-state index in [-0.39, 0.29) is 16.9 Å². The Bertz CT molecular complexity index is 315. The standard InChI is InChI=1S/C13H24N2OS/c1-5-9-6-7-10(8(9)2)15-12(16)13(3,4)11(14)17/h8-10H,5-7H2,1-4H3,(H2,14,17)(H,15,16). The van der Waals surface area contributed by atoms with Crippen LogP contribution in [0, 0.1) is 17.3 Å². The second kappa shape index (κ2) is 5.34. The van der Waals surface area contributed by atoms with Crippen molar-refractivity contribution in [3.05, 3.63) is 0 Å². The Hall–Kier alpha value is -0.640. The Balaban J connectivity index is 2.62. The number of hydrogen-bond acceptors (Lipinski definition) is 2. The fraction of sp³-hybridized carbons (Fsp3) is 0.846. The van der Waals surface area contributed by atoms with Gasteiger partial charge in [-0.3, -0.25) is 4.79 Å². The Morgan fingerprint density at radius 2 is 2.06 bits per heavy atom. The summed E-state index contributed by atoms with van der Waals surface area (Å²) in [5, 5.41) is 3.11. The highest BCUT2D eigenvalue weighted by atomic mass is 32.1. The van der Waals surface area contributed by atoms with E-state index in [0.29, 0.717) is 5.92 Å². The minimum absolute atomic E-state index is 0.0430. The SMILES string of the molecule is CCC1CCC(NC(=O)C(C)(C)C(N)=S)C1C. The van der Waals surface area contributed by atoms with Gasteiger partial charge in [0.25, 0.3) is 0 Å². The van der Waals surface area contributed by atoms with Gasteiger partial charge in [0.2, 0.25) is 5.91 Å². The van der Waals surface area contributed by atoms with Crippen LogP contribution < -0.4 is 11.1 Å². The lowest BCUT2D eigenvalue weighted by Gasteiger charge is -2.27. The highest BCUT2D eigenvalue weighted by Crippen LogP contribution is 2.34. The van der Waals surface area contributed by atoms with E-state index in [9.17, 15) is 4.79 Å². The fourth-order valence-electron chi connectivity index (χ4n) is 2.49. The maximum atomic E-state index is 12.1. The minimum Gasteiger partial charge on any atom is -0.392 e. The maximum absolute atomic E-state index is 12.1. The van der Waals surface area contributed by atoms with E-state index in [1.807, 2.05) is 0 Å². The lowest BCUT2D eigenvalue weighted by molar-refractivity contribution is -0.127. The predicted octanol–water partition coefficient (Wildman–Crippen LogP) is 2.24. The summed E-state index contributed by atoms with van der Waals surface area (Å²) in [7, 11) is 0. The van der Waals surface area contributed by atoms with Crippen molar-refractivity contribution in [2.24, 2.45) is 23.0 Å². The quantitative estimate of drug-likeness (QED) is 0.759. The molecule has 0 bridgehead atoms. The number of nitrogens with one attached hydrogen (secondary N) is 1. The van der Waals surface area contributed by atoms with Gasteiger partial charge in [0.1, 0.15) is 0 Å². The molecule has 17 heavy (non-hydrogen) atoms. The third-order valence-corrected chi connectivity index (χ3v) is 4.76. The number of thiocarbonyl (C=S) groups is 1. The average molecular weight is 256 g/mol. The van der Waals surface area contributed by atoms with Gasteiger partial charge in [0.15, 0.2) is 0 Å². The van der Waals surface area contributed by atoms with Crippen molar-refractivity contribution in [1.82, 2.24) is 5.32 Å². The summed E-state index contributed by atoms with van der Waals surface area (Å²) in [4.78, 5) is 12.4. The van der Waals surface area contributed by atoms with Gasteiger partial charge in [-0.15, -0.1) is 0 Å². The van der Waals surface area contributed by atoms with Crippen molar-refractivity contribution in [2.45, 2.75) is 53.0 Å². The van der Waals surface area contributed by atoms with Crippen molar-refractivity contribution in [1.29, 1.82) is 0 Å². The number of amides is 1. The molecule has 1 saturated carbocycles. The third kappa shape index (κ3) is 2.97. The summed E-state index contributed by atoms with van der Waals surface area (Å²) in [5.74, 6) is 1.23. The summed E-state index contributed by atoms with van der Waals surface area (Å²) in [5.41, 5.74) is 4.85. The van der Waals surface area contributed by atoms with Crippen LogP contribution in [0.1, 0.15) is 47.0 Å². The first-order valence-corrected chi connectivity index (χ1v) is 6.82. The molecule has 0 aromatic rings. The Labute approximate surface area is 110 Å². The van der Waals surface area contributed by atoms with Crippen LogP contribution in [0.25, 0.3) is 0 Å². The molecule has 3 nitrogen and oxygen atoms in total. The normalized spacial score (nSPS) is 29.1. The summed E-state index contributed by atoms with van der Waals surface area (Å²) in [6.45, 7) is 7.99. The number of nitrogens with two attached hydrogens (primary N) is 1. The van der Waals surface area contributed by atoms with Gasteiger partial charge >= 0.3 is 0 Å². The number of carbonyl (C=O) groups excluding carboxylic acids is 1. The van der Waals surface area contributed by atoms with Crippen LogP contribution in [0.15, 0.2) is 0 Å². The Morgan fingerprint density at radius 3 is 2.47 bits per heavy atom. The van der Waals surface area contributed by atoms with Crippen LogP contribution in [0.3, 0.4) is 0 Å². The predicted molar refractivity (Wildman–Crippen MR) is 74.7 cm³/mol. The molecule has 0 spiro atoms. The third-order valence-electron chi connectivity index (χ3n) is 4.25. The summed E-state index contributed by atoms with van der Waals surface area (Å²) in [6, 6.07) is 0.279. The number of hydrogen-bond donors (Lipinski definition) is 2. The van der Waals surface area contributed by atoms with Gasteiger partial charge in [-0.25, -0.2) is 0 Å². The second-order valence-electron chi connectivity index (χ2n) is 5.67. The minimum atomic E-state index is -0.751. The molecule has 1 fully saturated rings. The van der Waals surface area contributed by atoms with Crippen molar-refractivity contribution in [3.63, 3.8) is 0 Å². The molecule has 1 aliphatic carbocycles. The van der Waals surface area contributed by atoms with E-state index in [1.54, 1.807) is 13.8 Å². The van der Waals surface area contributed by atoms with Gasteiger partial charge in [0.05, 0.1) is 10.4 Å². The molecule has 3 unspecified atom stereocenters. The molecule has 1 rings (SSSR count). The highest BCUT2D eigenvalue weighted by Gasteiger charge is 2.37. The van der Waals surface area contributed by atoms with Gasteiger partial charge in [-0.05, 0) is 38.5 Å². The summed E-state index contributed by atoms with van der Waals surface area (Å²) < 4.78 is 0. The molecule has 4 heteroatoms. The molecule has 0 heterocycles. The van der Waals surface area contributed by atoms with E-state index in [4.69, 9.17) is 18.0 Å². The van der Waals surface area contributed by atoms with Gasteiger partial charge in [-0.2, -0.15) is 0 Å². The zero-order valence-electron chi connectivity index (χ0n) is 11.2. The van der Waals surface area contributed by atoms with Crippen LogP contribution in [0.5, 0.6) is 0 Å². The molecule has 1 amide bonds. The van der Waals surface area contributed by atoms with Gasteiger partial charge < -0.3 is 11.1 Å². The van der Waals surface area contributed by atoms with Crippen molar-refractivity contribution >= 4 is 23.1 Å². The van der Waals surface area contributed by atoms with Crippen molar-refractivity contribution < 1.29 is 4.79 Å². The van der Waals surface area contributed by atoms with Gasteiger partial charge in [0, 0.05) is 6.04 Å². The zero-order chi connectivity index (χ0) is 13.2. The molecule has 1 aliphatic rings. The average Bonchev–Trinajstić information content (AvgIpc) is 2.59. The second-order valence-corrected chi connectivity index (χ2v) is 6.11. The van der Waals surface area contributed by atoms with E-state index in [2.05, 4.69) is 19.2 Å². The number of rotatable bonds is 4. The summed E-state index contributed by atoms with van der Waals surface area (Å²) in [6.07, 6.45) is 3.46. The van der Waals surface area contributed by atoms with Crippen LogP contribution in [-0.2, 0) is 4.79 Å². The molecular weight excluding hydrogens is 232 g/mol. The number of carbonyl (C=O) groups is 1. The van der Waals surface area contributed by atoms with Crippen molar-refractivity contribution in [2.75, 3.05) is 0 Å². The lowest BCUT2D eigenvalue weighted by Crippen LogP contribution is -2.49. The smallest absolute Gasteiger partial charge is 0.232 e. The van der Waals surface area contributed by atoms with Crippen LogP contribution in [0.2, 0.25) is 0 Å². The zero-order valence-corrected chi connectivity index (χ0v) is 12.1. The lowest BCUT2D eigenvalue weighted by atomic mass is 9.90. The Morgan fingerprint density at radius 1 is 1.47 bits per heavy atom. The largest absolute Gasteiger partial charge is 0.392 e. The fourth-order valence-corrected chi connectivity index (χ4v) is 2.58. The van der Waals surface area contributed by atoms with Crippen molar-refractivity contribution in [3.8, 4) is 0 Å². The van der Waals surface area contributed by atoms with E-state index >= 15 is 0 Å². The first-order chi connectivity index (χ1) is 7.80. The van der Waals surface area contributed by atoms with E-state index in [0.717, 1.165) is 12.3 Å². The molecule has 0 aromatic carbocycles. The molecule has 0 saturated heterocycles. The van der Waals surface area contributed by atoms with Gasteiger partial charge in [-0.1, -0.05) is 32.5 Å².